The highest BCUT2D eigenvalue weighted by atomic mass is 16.3. The van der Waals surface area contributed by atoms with E-state index in [4.69, 9.17) is 10.2 Å². The third-order valence-electron chi connectivity index (χ3n) is 1.08. The summed E-state index contributed by atoms with van der Waals surface area (Å²) in [5, 5.41) is 2.78. The number of rotatable bonds is 4. The number of nitrogens with one attached hydrogen (secondary N) is 1. The highest BCUT2D eigenvalue weighted by molar-refractivity contribution is 5.75. The number of carbonyl (C=O) groups is 1. The summed E-state index contributed by atoms with van der Waals surface area (Å²) in [6, 6.07) is 0. The highest BCUT2D eigenvalue weighted by Crippen LogP contribution is 1.93. The van der Waals surface area contributed by atoms with Crippen LogP contribution in [0.2, 0.25) is 0 Å². The van der Waals surface area contributed by atoms with Gasteiger partial charge >= 0.3 is 0 Å². The lowest BCUT2D eigenvalue weighted by molar-refractivity contribution is -0.117. The molecule has 0 saturated heterocycles. The lowest BCUT2D eigenvalue weighted by Gasteiger charge is -1.96. The summed E-state index contributed by atoms with van der Waals surface area (Å²) in [5.41, 5.74) is 4.88. The topological polar surface area (TPSA) is 81.2 Å². The number of nitrogens with zero attached hydrogens (tertiary/aromatic N) is 1. The fourth-order valence-corrected chi connectivity index (χ4v) is 0.638. The Morgan fingerprint density at radius 1 is 1.82 bits per heavy atom. The van der Waals surface area contributed by atoms with Gasteiger partial charge in [-0.15, -0.1) is 0 Å². The first-order valence-electron chi connectivity index (χ1n) is 3.15. The standard InChI is InChI=1S/C6H9N3O2/c7-6(10)3-8-1-5-2-9-4-11-5/h2,4,8H,1,3H2,(H2,7,10). The van der Waals surface area contributed by atoms with E-state index in [2.05, 4.69) is 10.3 Å². The van der Waals surface area contributed by atoms with Crippen LogP contribution in [0, 0.1) is 0 Å². The number of primary amides is 1. The fraction of sp³-hybridized carbons (Fsp3) is 0.333. The molecule has 5 heteroatoms. The smallest absolute Gasteiger partial charge is 0.231 e. The Morgan fingerprint density at radius 3 is 3.18 bits per heavy atom. The van der Waals surface area contributed by atoms with Gasteiger partial charge in [0.2, 0.25) is 5.91 Å². The Bertz CT molecular complexity index is 220. The number of amides is 1. The summed E-state index contributed by atoms with van der Waals surface area (Å²) in [7, 11) is 0. The van der Waals surface area contributed by atoms with Crippen molar-refractivity contribution in [2.45, 2.75) is 6.54 Å². The van der Waals surface area contributed by atoms with Crippen molar-refractivity contribution in [2.75, 3.05) is 6.54 Å². The monoisotopic (exact) mass is 155 g/mol. The maximum atomic E-state index is 10.2. The van der Waals surface area contributed by atoms with Crippen LogP contribution in [0.4, 0.5) is 0 Å². The molecule has 0 aliphatic heterocycles. The lowest BCUT2D eigenvalue weighted by Crippen LogP contribution is -2.27. The van der Waals surface area contributed by atoms with Crippen LogP contribution in [0.3, 0.4) is 0 Å². The van der Waals surface area contributed by atoms with Gasteiger partial charge in [0, 0.05) is 0 Å². The molecule has 1 rings (SSSR count). The Kier molecular flexibility index (Phi) is 2.62. The number of hydrogen-bond donors (Lipinski definition) is 2. The third kappa shape index (κ3) is 2.81. The Balaban J connectivity index is 2.19. The molecule has 0 saturated carbocycles. The van der Waals surface area contributed by atoms with Crippen LogP contribution in [0.25, 0.3) is 0 Å². The van der Waals surface area contributed by atoms with E-state index < -0.39 is 0 Å². The molecule has 0 unspecified atom stereocenters. The molecule has 0 fully saturated rings. The van der Waals surface area contributed by atoms with Crippen molar-refractivity contribution in [1.82, 2.24) is 10.3 Å². The molecule has 1 aromatic heterocycles. The van der Waals surface area contributed by atoms with E-state index in [-0.39, 0.29) is 12.5 Å². The summed E-state index contributed by atoms with van der Waals surface area (Å²) in [6.45, 7) is 0.629. The van der Waals surface area contributed by atoms with Crippen molar-refractivity contribution in [3.63, 3.8) is 0 Å². The normalized spacial score (nSPS) is 9.82. The molecule has 0 aliphatic rings. The van der Waals surface area contributed by atoms with Gasteiger partial charge < -0.3 is 15.5 Å². The Hall–Kier alpha value is -1.36. The summed E-state index contributed by atoms with van der Waals surface area (Å²) in [4.78, 5) is 13.9. The maximum Gasteiger partial charge on any atom is 0.231 e. The van der Waals surface area contributed by atoms with E-state index >= 15 is 0 Å². The van der Waals surface area contributed by atoms with Crippen LogP contribution >= 0.6 is 0 Å². The van der Waals surface area contributed by atoms with Gasteiger partial charge in [0.05, 0.1) is 19.3 Å². The van der Waals surface area contributed by atoms with E-state index in [1.54, 1.807) is 6.20 Å². The first kappa shape index (κ1) is 7.74. The molecule has 0 aromatic carbocycles. The second kappa shape index (κ2) is 3.72. The van der Waals surface area contributed by atoms with Gasteiger partial charge in [0.15, 0.2) is 6.39 Å². The molecular formula is C6H9N3O2. The molecule has 11 heavy (non-hydrogen) atoms. The molecule has 0 radical (unpaired) electrons. The van der Waals surface area contributed by atoms with E-state index in [0.717, 1.165) is 0 Å². The van der Waals surface area contributed by atoms with Crippen LogP contribution in [0.1, 0.15) is 5.76 Å². The molecule has 3 N–H and O–H groups in total. The van der Waals surface area contributed by atoms with Gasteiger partial charge in [-0.2, -0.15) is 0 Å². The second-order valence-corrected chi connectivity index (χ2v) is 2.04. The number of nitrogens with two attached hydrogens (primary N) is 1. The van der Waals surface area contributed by atoms with Crippen LogP contribution < -0.4 is 11.1 Å². The van der Waals surface area contributed by atoms with Crippen molar-refractivity contribution in [3.8, 4) is 0 Å². The lowest BCUT2D eigenvalue weighted by atomic mass is 10.5. The molecule has 5 nitrogen and oxygen atoms in total. The van der Waals surface area contributed by atoms with Gasteiger partial charge in [-0.05, 0) is 0 Å². The van der Waals surface area contributed by atoms with Crippen molar-refractivity contribution in [1.29, 1.82) is 0 Å². The van der Waals surface area contributed by atoms with Crippen molar-refractivity contribution < 1.29 is 9.21 Å². The van der Waals surface area contributed by atoms with E-state index in [0.29, 0.717) is 12.3 Å². The minimum atomic E-state index is -0.385. The van der Waals surface area contributed by atoms with Crippen LogP contribution in [-0.2, 0) is 11.3 Å². The van der Waals surface area contributed by atoms with Crippen molar-refractivity contribution >= 4 is 5.91 Å². The molecule has 0 atom stereocenters. The van der Waals surface area contributed by atoms with Crippen LogP contribution in [-0.4, -0.2) is 17.4 Å². The number of carbonyl (C=O) groups excluding carboxylic acids is 1. The number of hydrogen-bond acceptors (Lipinski definition) is 4. The van der Waals surface area contributed by atoms with Gasteiger partial charge in [0.1, 0.15) is 5.76 Å². The quantitative estimate of drug-likeness (QED) is 0.599. The minimum Gasteiger partial charge on any atom is -0.447 e. The molecule has 60 valence electrons. The summed E-state index contributed by atoms with van der Waals surface area (Å²) in [5.74, 6) is 0.302. The molecule has 0 bridgehead atoms. The first-order valence-corrected chi connectivity index (χ1v) is 3.15. The zero-order chi connectivity index (χ0) is 8.10. The Morgan fingerprint density at radius 2 is 2.64 bits per heavy atom. The predicted octanol–water partition coefficient (Wildman–Crippen LogP) is -0.751. The molecule has 1 amide bonds. The maximum absolute atomic E-state index is 10.2. The van der Waals surface area contributed by atoms with Gasteiger partial charge in [-0.25, -0.2) is 4.98 Å². The third-order valence-corrected chi connectivity index (χ3v) is 1.08. The van der Waals surface area contributed by atoms with Gasteiger partial charge in [-0.1, -0.05) is 0 Å². The van der Waals surface area contributed by atoms with Crippen molar-refractivity contribution in [3.05, 3.63) is 18.4 Å². The first-order chi connectivity index (χ1) is 5.29. The summed E-state index contributed by atoms with van der Waals surface area (Å²) >= 11 is 0. The summed E-state index contributed by atoms with van der Waals surface area (Å²) in [6.07, 6.45) is 2.91. The van der Waals surface area contributed by atoms with E-state index in [1.807, 2.05) is 0 Å². The predicted molar refractivity (Wildman–Crippen MR) is 37.4 cm³/mol. The minimum absolute atomic E-state index is 0.153. The molecular weight excluding hydrogens is 146 g/mol. The van der Waals surface area contributed by atoms with Crippen LogP contribution in [0.15, 0.2) is 17.0 Å². The zero-order valence-electron chi connectivity index (χ0n) is 5.91. The van der Waals surface area contributed by atoms with Crippen molar-refractivity contribution in [2.24, 2.45) is 5.73 Å². The second-order valence-electron chi connectivity index (χ2n) is 2.04. The van der Waals surface area contributed by atoms with E-state index in [9.17, 15) is 4.79 Å². The molecule has 0 aliphatic carbocycles. The SMILES string of the molecule is NC(=O)CNCc1cnco1. The van der Waals surface area contributed by atoms with E-state index in [1.165, 1.54) is 6.39 Å². The molecule has 1 heterocycles. The average molecular weight is 155 g/mol. The largest absolute Gasteiger partial charge is 0.447 e. The number of aromatic nitrogens is 1. The van der Waals surface area contributed by atoms with Gasteiger partial charge in [-0.3, -0.25) is 4.79 Å². The molecule has 0 spiro atoms. The highest BCUT2D eigenvalue weighted by Gasteiger charge is 1.96. The number of oxazole rings is 1. The Labute approximate surface area is 63.6 Å². The zero-order valence-corrected chi connectivity index (χ0v) is 5.91. The average Bonchev–Trinajstić information content (AvgIpc) is 2.39. The van der Waals surface area contributed by atoms with Crippen LogP contribution in [0.5, 0.6) is 0 Å². The molecule has 1 aromatic rings. The van der Waals surface area contributed by atoms with Gasteiger partial charge in [0.25, 0.3) is 0 Å². The summed E-state index contributed by atoms with van der Waals surface area (Å²) < 4.78 is 4.89. The fourth-order valence-electron chi connectivity index (χ4n) is 0.638.